The molecule has 2 N–H and O–H groups in total. The van der Waals surface area contributed by atoms with Gasteiger partial charge in [0, 0.05) is 15.7 Å². The molecule has 3 nitrogen and oxygen atoms in total. The van der Waals surface area contributed by atoms with E-state index < -0.39 is 6.03 Å². The fourth-order valence-corrected chi connectivity index (χ4v) is 2.20. The molecule has 0 atom stereocenters. The summed E-state index contributed by atoms with van der Waals surface area (Å²) in [5, 5.41) is 6.89. The lowest BCUT2D eigenvalue weighted by molar-refractivity contribution is 0.262. The smallest absolute Gasteiger partial charge is 0.307 e. The van der Waals surface area contributed by atoms with Crippen molar-refractivity contribution >= 4 is 52.2 Å². The monoisotopic (exact) mass is 328 g/mol. The number of amides is 2. The number of aryl methyl sites for hydroxylation is 1. The summed E-state index contributed by atoms with van der Waals surface area (Å²) in [7, 11) is 0. The molecule has 20 heavy (non-hydrogen) atoms. The normalized spacial score (nSPS) is 10.2. The number of urea groups is 1. The van der Waals surface area contributed by atoms with Crippen LogP contribution < -0.4 is 10.6 Å². The molecular weight excluding hydrogens is 319 g/mol. The van der Waals surface area contributed by atoms with Crippen molar-refractivity contribution in [2.24, 2.45) is 0 Å². The maximum Gasteiger partial charge on any atom is 0.323 e. The van der Waals surface area contributed by atoms with Gasteiger partial charge in [-0.15, -0.1) is 0 Å². The topological polar surface area (TPSA) is 41.1 Å². The standard InChI is InChI=1S/C14H11Cl3N2O/c1-8-6-9(15)3-5-12(8)18-14(20)19-13-7-10(16)2-4-11(13)17/h2-7H,1H3,(H2,18,19,20). The van der Waals surface area contributed by atoms with E-state index in [4.69, 9.17) is 34.8 Å². The van der Waals surface area contributed by atoms with Gasteiger partial charge in [-0.1, -0.05) is 34.8 Å². The van der Waals surface area contributed by atoms with E-state index in [-0.39, 0.29) is 0 Å². The third kappa shape index (κ3) is 3.79. The third-order valence-corrected chi connectivity index (χ3v) is 3.41. The molecular formula is C14H11Cl3N2O. The summed E-state index contributed by atoms with van der Waals surface area (Å²) in [5.41, 5.74) is 1.98. The number of carbonyl (C=O) groups excluding carboxylic acids is 1. The number of rotatable bonds is 2. The quantitative estimate of drug-likeness (QED) is 0.740. The molecule has 104 valence electrons. The first-order valence-corrected chi connectivity index (χ1v) is 6.88. The average Bonchev–Trinajstić information content (AvgIpc) is 2.37. The van der Waals surface area contributed by atoms with Crippen molar-refractivity contribution in [2.75, 3.05) is 10.6 Å². The Morgan fingerprint density at radius 1 is 0.900 bits per heavy atom. The Morgan fingerprint density at radius 3 is 2.20 bits per heavy atom. The number of hydrogen-bond acceptors (Lipinski definition) is 1. The zero-order valence-electron chi connectivity index (χ0n) is 10.5. The van der Waals surface area contributed by atoms with Gasteiger partial charge in [0.25, 0.3) is 0 Å². The van der Waals surface area contributed by atoms with Gasteiger partial charge in [0.2, 0.25) is 0 Å². The zero-order chi connectivity index (χ0) is 14.7. The first kappa shape index (κ1) is 15.0. The summed E-state index contributed by atoms with van der Waals surface area (Å²) < 4.78 is 0. The number of carbonyl (C=O) groups is 1. The second kappa shape index (κ2) is 6.35. The Morgan fingerprint density at radius 2 is 1.50 bits per heavy atom. The van der Waals surface area contributed by atoms with Gasteiger partial charge in [-0.2, -0.15) is 0 Å². The van der Waals surface area contributed by atoms with E-state index in [0.717, 1.165) is 5.56 Å². The van der Waals surface area contributed by atoms with Crippen LogP contribution in [-0.4, -0.2) is 6.03 Å². The molecule has 0 radical (unpaired) electrons. The molecule has 2 amide bonds. The molecule has 0 aromatic heterocycles. The van der Waals surface area contributed by atoms with Gasteiger partial charge in [-0.05, 0) is 48.9 Å². The summed E-state index contributed by atoms with van der Waals surface area (Å²) in [4.78, 5) is 11.9. The van der Waals surface area contributed by atoms with E-state index in [1.165, 1.54) is 0 Å². The molecule has 2 aromatic rings. The number of anilines is 2. The minimum Gasteiger partial charge on any atom is -0.307 e. The Hall–Kier alpha value is -1.42. The van der Waals surface area contributed by atoms with Crippen LogP contribution in [0.15, 0.2) is 36.4 Å². The third-order valence-electron chi connectivity index (χ3n) is 2.61. The first-order valence-electron chi connectivity index (χ1n) is 5.75. The maximum atomic E-state index is 11.9. The highest BCUT2D eigenvalue weighted by molar-refractivity contribution is 6.35. The predicted molar refractivity (Wildman–Crippen MR) is 85.3 cm³/mol. The highest BCUT2D eigenvalue weighted by Crippen LogP contribution is 2.26. The van der Waals surface area contributed by atoms with Crippen molar-refractivity contribution in [3.05, 3.63) is 57.0 Å². The molecule has 0 bridgehead atoms. The Balaban J connectivity index is 2.11. The molecule has 0 saturated heterocycles. The highest BCUT2D eigenvalue weighted by Gasteiger charge is 2.08. The number of halogens is 3. The van der Waals surface area contributed by atoms with E-state index in [9.17, 15) is 4.79 Å². The van der Waals surface area contributed by atoms with Crippen molar-refractivity contribution in [1.82, 2.24) is 0 Å². The lowest BCUT2D eigenvalue weighted by Gasteiger charge is -2.11. The van der Waals surface area contributed by atoms with Gasteiger partial charge < -0.3 is 10.6 Å². The average molecular weight is 330 g/mol. The van der Waals surface area contributed by atoms with Crippen LogP contribution in [0, 0.1) is 6.92 Å². The molecule has 0 fully saturated rings. The van der Waals surface area contributed by atoms with Crippen molar-refractivity contribution < 1.29 is 4.79 Å². The molecule has 2 aromatic carbocycles. The molecule has 2 rings (SSSR count). The van der Waals surface area contributed by atoms with Gasteiger partial charge >= 0.3 is 6.03 Å². The molecule has 0 aliphatic rings. The largest absolute Gasteiger partial charge is 0.323 e. The second-order valence-corrected chi connectivity index (χ2v) is 5.44. The Labute approximate surface area is 131 Å². The van der Waals surface area contributed by atoms with Crippen LogP contribution in [0.1, 0.15) is 5.56 Å². The maximum absolute atomic E-state index is 11.9. The fourth-order valence-electron chi connectivity index (χ4n) is 1.64. The summed E-state index contributed by atoms with van der Waals surface area (Å²) in [6, 6.07) is 9.65. The van der Waals surface area contributed by atoms with E-state index in [2.05, 4.69) is 10.6 Å². The van der Waals surface area contributed by atoms with Crippen molar-refractivity contribution in [3.63, 3.8) is 0 Å². The minimum absolute atomic E-state index is 0.403. The molecule has 0 heterocycles. The molecule has 0 saturated carbocycles. The van der Waals surface area contributed by atoms with Crippen LogP contribution in [0.2, 0.25) is 15.1 Å². The summed E-state index contributed by atoms with van der Waals surface area (Å²) >= 11 is 17.7. The lowest BCUT2D eigenvalue weighted by Crippen LogP contribution is -2.20. The van der Waals surface area contributed by atoms with E-state index in [0.29, 0.717) is 26.4 Å². The highest BCUT2D eigenvalue weighted by atomic mass is 35.5. The fraction of sp³-hybridized carbons (Fsp3) is 0.0714. The van der Waals surface area contributed by atoms with Crippen LogP contribution in [0.25, 0.3) is 0 Å². The van der Waals surface area contributed by atoms with Crippen molar-refractivity contribution in [1.29, 1.82) is 0 Å². The van der Waals surface area contributed by atoms with Crippen LogP contribution in [-0.2, 0) is 0 Å². The molecule has 0 aliphatic heterocycles. The molecule has 0 spiro atoms. The summed E-state index contributed by atoms with van der Waals surface area (Å²) in [6.45, 7) is 1.86. The number of hydrogen-bond donors (Lipinski definition) is 2. The second-order valence-electron chi connectivity index (χ2n) is 4.16. The van der Waals surface area contributed by atoms with Crippen LogP contribution in [0.3, 0.4) is 0 Å². The number of benzene rings is 2. The van der Waals surface area contributed by atoms with Gasteiger partial charge in [0.05, 0.1) is 10.7 Å². The molecule has 0 unspecified atom stereocenters. The van der Waals surface area contributed by atoms with E-state index >= 15 is 0 Å². The SMILES string of the molecule is Cc1cc(Cl)ccc1NC(=O)Nc1cc(Cl)ccc1Cl. The molecule has 0 aliphatic carbocycles. The van der Waals surface area contributed by atoms with Gasteiger partial charge in [0.15, 0.2) is 0 Å². The van der Waals surface area contributed by atoms with E-state index in [1.54, 1.807) is 36.4 Å². The number of nitrogens with one attached hydrogen (secondary N) is 2. The van der Waals surface area contributed by atoms with Crippen LogP contribution in [0.4, 0.5) is 16.2 Å². The van der Waals surface area contributed by atoms with Gasteiger partial charge in [-0.3, -0.25) is 0 Å². The van der Waals surface area contributed by atoms with Crippen molar-refractivity contribution in [2.45, 2.75) is 6.92 Å². The Bertz CT molecular complexity index is 659. The van der Waals surface area contributed by atoms with Crippen LogP contribution in [0.5, 0.6) is 0 Å². The van der Waals surface area contributed by atoms with Crippen molar-refractivity contribution in [3.8, 4) is 0 Å². The molecule has 6 heteroatoms. The van der Waals surface area contributed by atoms with Gasteiger partial charge in [-0.25, -0.2) is 4.79 Å². The first-order chi connectivity index (χ1) is 9.45. The predicted octanol–water partition coefficient (Wildman–Crippen LogP) is 5.60. The summed E-state index contributed by atoms with van der Waals surface area (Å²) in [6.07, 6.45) is 0. The summed E-state index contributed by atoms with van der Waals surface area (Å²) in [5.74, 6) is 0. The Kier molecular flexibility index (Phi) is 4.76. The van der Waals surface area contributed by atoms with Crippen LogP contribution >= 0.6 is 34.8 Å². The minimum atomic E-state index is -0.403. The van der Waals surface area contributed by atoms with Gasteiger partial charge in [0.1, 0.15) is 0 Å². The van der Waals surface area contributed by atoms with E-state index in [1.807, 2.05) is 6.92 Å². The lowest BCUT2D eigenvalue weighted by atomic mass is 10.2. The zero-order valence-corrected chi connectivity index (χ0v) is 12.8.